The molecule has 0 radical (unpaired) electrons. The van der Waals surface area contributed by atoms with Gasteiger partial charge in [-0.15, -0.1) is 5.11 Å². The number of hydrogen-bond donors (Lipinski definition) is 2. The first-order chi connectivity index (χ1) is 20.7. The second-order valence-electron chi connectivity index (χ2n) is 12.0. The largest absolute Gasteiger partial charge is 0.489 e. The molecule has 2 aliphatic heterocycles. The number of anilines is 1. The van der Waals surface area contributed by atoms with Crippen molar-refractivity contribution in [2.45, 2.75) is 46.8 Å². The van der Waals surface area contributed by atoms with Gasteiger partial charge < -0.3 is 19.5 Å². The van der Waals surface area contributed by atoms with Crippen molar-refractivity contribution in [3.05, 3.63) is 95.4 Å². The van der Waals surface area contributed by atoms with E-state index < -0.39 is 12.1 Å². The number of rotatable bonds is 8. The third kappa shape index (κ3) is 7.60. The first kappa shape index (κ1) is 30.3. The van der Waals surface area contributed by atoms with E-state index in [1.54, 1.807) is 6.26 Å². The van der Waals surface area contributed by atoms with E-state index in [0.717, 1.165) is 66.1 Å². The van der Waals surface area contributed by atoms with Gasteiger partial charge in [0.05, 0.1) is 25.2 Å². The molecule has 2 amide bonds. The maximum Gasteiger partial charge on any atom is 0.341 e. The maximum atomic E-state index is 12.9. The Bertz CT molecular complexity index is 1540. The molecule has 2 heterocycles. The molecule has 3 aromatic carbocycles. The zero-order valence-corrected chi connectivity index (χ0v) is 25.6. The average Bonchev–Trinajstić information content (AvgIpc) is 2.99. The maximum absolute atomic E-state index is 12.9. The number of carbonyl (C=O) groups is 1. The smallest absolute Gasteiger partial charge is 0.341 e. The molecule has 226 valence electrons. The Morgan fingerprint density at radius 1 is 1.05 bits per heavy atom. The molecule has 43 heavy (non-hydrogen) atoms. The zero-order chi connectivity index (χ0) is 30.4. The summed E-state index contributed by atoms with van der Waals surface area (Å²) in [5.74, 6) is 0.774. The summed E-state index contributed by atoms with van der Waals surface area (Å²) in [7, 11) is 0. The third-order valence-corrected chi connectivity index (χ3v) is 7.64. The monoisotopic (exact) mass is 583 g/mol. The summed E-state index contributed by atoms with van der Waals surface area (Å²) < 4.78 is 17.9. The van der Waals surface area contributed by atoms with E-state index in [1.807, 2.05) is 73.7 Å². The molecule has 2 atom stereocenters. The molecule has 0 bridgehead atoms. The van der Waals surface area contributed by atoms with Gasteiger partial charge in [-0.25, -0.2) is 10.2 Å². The van der Waals surface area contributed by atoms with Crippen LogP contribution in [0.1, 0.15) is 44.9 Å². The Morgan fingerprint density at radius 3 is 2.51 bits per heavy atom. The molecule has 1 saturated heterocycles. The van der Waals surface area contributed by atoms with Crippen molar-refractivity contribution in [2.75, 3.05) is 38.2 Å². The molecule has 0 aliphatic carbocycles. The lowest BCUT2D eigenvalue weighted by Crippen LogP contribution is -2.41. The molecular weight excluding hydrogens is 542 g/mol. The highest BCUT2D eigenvalue weighted by molar-refractivity contribution is 6.03. The number of ether oxygens (including phenoxy) is 3. The SMILES string of the molecule is Cc1ccccc1C1OC=C(C(C)(C)C)C=C1N=NNC(=O)Nc1ccc(OC(C)CN2CCOCC2)c2ccccc12. The first-order valence-electron chi connectivity index (χ1n) is 14.8. The highest BCUT2D eigenvalue weighted by Crippen LogP contribution is 2.38. The molecule has 0 saturated carbocycles. The van der Waals surface area contributed by atoms with Crippen LogP contribution in [-0.2, 0) is 9.47 Å². The number of carbonyl (C=O) groups excluding carboxylic acids is 1. The van der Waals surface area contributed by atoms with E-state index in [0.29, 0.717) is 11.4 Å². The van der Waals surface area contributed by atoms with Gasteiger partial charge >= 0.3 is 6.03 Å². The van der Waals surface area contributed by atoms with Crippen LogP contribution in [0.2, 0.25) is 0 Å². The summed E-state index contributed by atoms with van der Waals surface area (Å²) in [4.78, 5) is 15.3. The van der Waals surface area contributed by atoms with E-state index >= 15 is 0 Å². The number of fused-ring (bicyclic) bond motifs is 1. The van der Waals surface area contributed by atoms with Gasteiger partial charge in [0.1, 0.15) is 17.6 Å². The standard InChI is InChI=1S/C34H41N5O4/c1-23-10-6-7-11-26(23)32-30(20-25(22-42-32)34(3,4)5)36-38-37-33(40)35-29-14-15-31(28-13-9-8-12-27(28)29)43-24(2)21-39-16-18-41-19-17-39/h6-15,20,22,24,32H,16-19,21H2,1-5H3,(H2,35,36,37,40). The van der Waals surface area contributed by atoms with Gasteiger partial charge in [-0.3, -0.25) is 4.90 Å². The number of urea groups is 1. The van der Waals surface area contributed by atoms with Crippen LogP contribution in [0, 0.1) is 12.3 Å². The second kappa shape index (κ2) is 13.4. The third-order valence-electron chi connectivity index (χ3n) is 7.64. The summed E-state index contributed by atoms with van der Waals surface area (Å²) >= 11 is 0. The number of morpholine rings is 1. The van der Waals surface area contributed by atoms with E-state index in [4.69, 9.17) is 14.2 Å². The second-order valence-corrected chi connectivity index (χ2v) is 12.0. The van der Waals surface area contributed by atoms with Crippen molar-refractivity contribution in [1.29, 1.82) is 0 Å². The number of amides is 2. The number of aryl methyl sites for hydroxylation is 1. The molecule has 2 aliphatic rings. The van der Waals surface area contributed by atoms with E-state index in [2.05, 4.69) is 53.7 Å². The first-order valence-corrected chi connectivity index (χ1v) is 14.8. The Hall–Kier alpha value is -4.21. The Kier molecular flexibility index (Phi) is 9.43. The van der Waals surface area contributed by atoms with Crippen LogP contribution in [0.5, 0.6) is 5.75 Å². The lowest BCUT2D eigenvalue weighted by atomic mass is 9.85. The van der Waals surface area contributed by atoms with Crippen LogP contribution >= 0.6 is 0 Å². The van der Waals surface area contributed by atoms with Gasteiger partial charge in [-0.05, 0) is 48.6 Å². The number of allylic oxidation sites excluding steroid dienone is 2. The van der Waals surface area contributed by atoms with Crippen molar-refractivity contribution in [3.8, 4) is 5.75 Å². The summed E-state index contributed by atoms with van der Waals surface area (Å²) in [6.07, 6.45) is 3.34. The van der Waals surface area contributed by atoms with Crippen molar-refractivity contribution in [1.82, 2.24) is 10.3 Å². The van der Waals surface area contributed by atoms with Crippen LogP contribution in [0.4, 0.5) is 10.5 Å². The molecule has 1 fully saturated rings. The van der Waals surface area contributed by atoms with Gasteiger partial charge in [0, 0.05) is 36.0 Å². The normalized spacial score (nSPS) is 18.5. The summed E-state index contributed by atoms with van der Waals surface area (Å²) in [5, 5.41) is 13.2. The predicted octanol–water partition coefficient (Wildman–Crippen LogP) is 7.32. The quantitative estimate of drug-likeness (QED) is 0.214. The van der Waals surface area contributed by atoms with Gasteiger partial charge in [0.2, 0.25) is 0 Å². The van der Waals surface area contributed by atoms with E-state index in [1.165, 1.54) is 0 Å². The van der Waals surface area contributed by atoms with E-state index in [-0.39, 0.29) is 11.5 Å². The Labute approximate surface area is 253 Å². The fraction of sp³-hybridized carbons (Fsp3) is 0.382. The molecule has 2 N–H and O–H groups in total. The minimum Gasteiger partial charge on any atom is -0.489 e. The molecule has 9 heteroatoms. The number of nitrogens with zero attached hydrogens (tertiary/aromatic N) is 3. The summed E-state index contributed by atoms with van der Waals surface area (Å²) in [6, 6.07) is 19.1. The Balaban J connectivity index is 1.28. The number of hydrogen-bond acceptors (Lipinski definition) is 7. The van der Waals surface area contributed by atoms with Gasteiger partial charge in [0.15, 0.2) is 6.10 Å². The highest BCUT2D eigenvalue weighted by Gasteiger charge is 2.27. The molecule has 2 unspecified atom stereocenters. The Morgan fingerprint density at radius 2 is 1.77 bits per heavy atom. The van der Waals surface area contributed by atoms with Gasteiger partial charge in [0.25, 0.3) is 0 Å². The molecule has 9 nitrogen and oxygen atoms in total. The lowest BCUT2D eigenvalue weighted by molar-refractivity contribution is 0.0220. The van der Waals surface area contributed by atoms with Crippen molar-refractivity contribution in [2.24, 2.45) is 15.8 Å². The van der Waals surface area contributed by atoms with Crippen molar-refractivity contribution in [3.63, 3.8) is 0 Å². The van der Waals surface area contributed by atoms with Crippen molar-refractivity contribution < 1.29 is 19.0 Å². The van der Waals surface area contributed by atoms with Gasteiger partial charge in [-0.2, -0.15) is 0 Å². The average molecular weight is 584 g/mol. The summed E-state index contributed by atoms with van der Waals surface area (Å²) in [5.41, 5.74) is 6.71. The lowest BCUT2D eigenvalue weighted by Gasteiger charge is -2.29. The minimum absolute atomic E-state index is 0.000703. The zero-order valence-electron chi connectivity index (χ0n) is 25.6. The topological polar surface area (TPSA) is 96.8 Å². The van der Waals surface area contributed by atoms with Crippen LogP contribution in [0.3, 0.4) is 0 Å². The molecule has 5 rings (SSSR count). The highest BCUT2D eigenvalue weighted by atomic mass is 16.5. The van der Waals surface area contributed by atoms with Crippen molar-refractivity contribution >= 4 is 22.5 Å². The van der Waals surface area contributed by atoms with E-state index in [9.17, 15) is 4.79 Å². The predicted molar refractivity (Wildman–Crippen MR) is 169 cm³/mol. The molecule has 0 spiro atoms. The molecule has 3 aromatic rings. The minimum atomic E-state index is -0.500. The number of benzene rings is 3. The van der Waals surface area contributed by atoms with Gasteiger partial charge in [-0.1, -0.05) is 74.5 Å². The van der Waals surface area contributed by atoms with Crippen LogP contribution < -0.4 is 15.5 Å². The molecule has 0 aromatic heterocycles. The fourth-order valence-electron chi connectivity index (χ4n) is 5.23. The number of nitrogens with one attached hydrogen (secondary N) is 2. The fourth-order valence-corrected chi connectivity index (χ4v) is 5.23. The molecular formula is C34H41N5O4. The summed E-state index contributed by atoms with van der Waals surface area (Å²) in [6.45, 7) is 14.6. The van der Waals surface area contributed by atoms with Crippen LogP contribution in [0.15, 0.2) is 94.6 Å². The van der Waals surface area contributed by atoms with Crippen LogP contribution in [0.25, 0.3) is 10.8 Å². The van der Waals surface area contributed by atoms with Crippen LogP contribution in [-0.4, -0.2) is 49.9 Å².